The second kappa shape index (κ2) is 15.1. The van der Waals surface area contributed by atoms with Crippen LogP contribution in [0.15, 0.2) is 193 Å². The van der Waals surface area contributed by atoms with Crippen LogP contribution in [0.2, 0.25) is 0 Å². The van der Waals surface area contributed by atoms with Crippen molar-refractivity contribution < 1.29 is 0 Å². The molecule has 3 heteroatoms. The highest BCUT2D eigenvalue weighted by Gasteiger charge is 2.30. The Balaban J connectivity index is 1.58. The van der Waals surface area contributed by atoms with Crippen LogP contribution in [0.25, 0.3) is 0 Å². The third-order valence-corrected chi connectivity index (χ3v) is 8.43. The fraction of sp³-hybridized carbons (Fsp3) is 0.163. The quantitative estimate of drug-likeness (QED) is 0.158. The second-order valence-corrected chi connectivity index (χ2v) is 11.5. The molecule has 4 aromatic rings. The molecule has 4 aromatic carbocycles. The van der Waals surface area contributed by atoms with E-state index >= 15 is 0 Å². The Hall–Kier alpha value is -5.28. The van der Waals surface area contributed by atoms with Crippen molar-refractivity contribution in [1.82, 2.24) is 0 Å². The number of benzene rings is 4. The maximum Gasteiger partial charge on any atom is 0.0600 e. The highest BCUT2D eigenvalue weighted by Crippen LogP contribution is 2.40. The average Bonchev–Trinajstić information content (AvgIpc) is 3.12. The van der Waals surface area contributed by atoms with E-state index in [2.05, 4.69) is 198 Å². The molecule has 0 N–H and O–H groups in total. The molecule has 0 saturated carbocycles. The van der Waals surface area contributed by atoms with Gasteiger partial charge >= 0.3 is 0 Å². The van der Waals surface area contributed by atoms with Crippen LogP contribution in [0.4, 0.5) is 22.7 Å². The fourth-order valence-corrected chi connectivity index (χ4v) is 6.36. The minimum Gasteiger partial charge on any atom is -0.334 e. The molecule has 0 amide bonds. The lowest BCUT2D eigenvalue weighted by Gasteiger charge is -2.41. The zero-order valence-corrected chi connectivity index (χ0v) is 26.9. The van der Waals surface area contributed by atoms with Gasteiger partial charge in [0.2, 0.25) is 0 Å². The predicted molar refractivity (Wildman–Crippen MR) is 197 cm³/mol. The summed E-state index contributed by atoms with van der Waals surface area (Å²) in [7, 11) is 0. The van der Waals surface area contributed by atoms with Gasteiger partial charge < -0.3 is 14.7 Å². The molecule has 0 aliphatic heterocycles. The zero-order chi connectivity index (χ0) is 31.6. The molecule has 2 aliphatic rings. The largest absolute Gasteiger partial charge is 0.334 e. The summed E-state index contributed by atoms with van der Waals surface area (Å²) in [4.78, 5) is 7.40. The Bertz CT molecular complexity index is 1710. The van der Waals surface area contributed by atoms with Crippen LogP contribution >= 0.6 is 0 Å². The third-order valence-electron chi connectivity index (χ3n) is 8.43. The van der Waals surface area contributed by atoms with Crippen molar-refractivity contribution in [2.45, 2.75) is 45.6 Å². The minimum absolute atomic E-state index is 0.0465. The molecule has 1 atom stereocenters. The average molecular weight is 602 g/mol. The molecule has 1 unspecified atom stereocenters. The molecule has 2 aliphatic carbocycles. The molecule has 0 spiro atoms. The molecule has 0 saturated heterocycles. The Morgan fingerprint density at radius 1 is 0.696 bits per heavy atom. The van der Waals surface area contributed by atoms with E-state index in [0.29, 0.717) is 0 Å². The number of allylic oxidation sites excluding steroid dienone is 8. The van der Waals surface area contributed by atoms with Crippen LogP contribution in [0.5, 0.6) is 0 Å². The highest BCUT2D eigenvalue weighted by atomic mass is 15.2. The van der Waals surface area contributed by atoms with Gasteiger partial charge in [0.1, 0.15) is 0 Å². The molecule has 46 heavy (non-hydrogen) atoms. The molecule has 0 fully saturated rings. The van der Waals surface area contributed by atoms with Gasteiger partial charge in [-0.25, -0.2) is 0 Å². The van der Waals surface area contributed by atoms with Gasteiger partial charge in [-0.15, -0.1) is 0 Å². The first-order chi connectivity index (χ1) is 22.8. The monoisotopic (exact) mass is 601 g/mol. The zero-order valence-electron chi connectivity index (χ0n) is 26.9. The third kappa shape index (κ3) is 7.00. The van der Waals surface area contributed by atoms with Gasteiger partial charge in [-0.1, -0.05) is 104 Å². The van der Waals surface area contributed by atoms with Crippen molar-refractivity contribution >= 4 is 22.7 Å². The molecule has 0 radical (unpaired) electrons. The summed E-state index contributed by atoms with van der Waals surface area (Å²) in [5.74, 6) is 0. The smallest absolute Gasteiger partial charge is 0.0600 e. The Morgan fingerprint density at radius 3 is 1.78 bits per heavy atom. The topological polar surface area (TPSA) is 9.72 Å². The van der Waals surface area contributed by atoms with Crippen molar-refractivity contribution in [2.24, 2.45) is 0 Å². The number of nitrogens with zero attached hydrogens (tertiary/aromatic N) is 3. The first-order valence-corrected chi connectivity index (χ1v) is 16.5. The van der Waals surface area contributed by atoms with Gasteiger partial charge in [-0.2, -0.15) is 0 Å². The van der Waals surface area contributed by atoms with Gasteiger partial charge in [-0.3, -0.25) is 0 Å². The maximum atomic E-state index is 2.49. The van der Waals surface area contributed by atoms with Crippen molar-refractivity contribution in [1.29, 1.82) is 0 Å². The van der Waals surface area contributed by atoms with E-state index in [-0.39, 0.29) is 6.04 Å². The van der Waals surface area contributed by atoms with Crippen molar-refractivity contribution in [3.05, 3.63) is 193 Å². The molecule has 6 rings (SSSR count). The van der Waals surface area contributed by atoms with Crippen LogP contribution in [-0.2, 0) is 0 Å². The Labute approximate surface area is 275 Å². The van der Waals surface area contributed by atoms with Gasteiger partial charge in [0.05, 0.1) is 6.04 Å². The van der Waals surface area contributed by atoms with E-state index in [1.54, 1.807) is 0 Å². The highest BCUT2D eigenvalue weighted by molar-refractivity contribution is 5.70. The molecular formula is C43H43N3. The lowest BCUT2D eigenvalue weighted by molar-refractivity contribution is 0.723. The van der Waals surface area contributed by atoms with E-state index in [4.69, 9.17) is 0 Å². The number of para-hydroxylation sites is 4. The minimum atomic E-state index is 0.0465. The van der Waals surface area contributed by atoms with Crippen LogP contribution in [0.1, 0.15) is 39.5 Å². The fourth-order valence-electron chi connectivity index (χ4n) is 6.36. The summed E-state index contributed by atoms with van der Waals surface area (Å²) in [5.41, 5.74) is 9.54. The number of rotatable bonds is 11. The molecule has 3 nitrogen and oxygen atoms in total. The van der Waals surface area contributed by atoms with E-state index in [1.165, 1.54) is 34.2 Å². The molecular weight excluding hydrogens is 558 g/mol. The summed E-state index contributed by atoms with van der Waals surface area (Å²) in [6, 6.07) is 43.2. The number of hydrogen-bond donors (Lipinski definition) is 0. The first-order valence-electron chi connectivity index (χ1n) is 16.5. The summed E-state index contributed by atoms with van der Waals surface area (Å²) >= 11 is 0. The number of hydrogen-bond acceptors (Lipinski definition) is 3. The van der Waals surface area contributed by atoms with Gasteiger partial charge in [0, 0.05) is 52.0 Å². The maximum absolute atomic E-state index is 2.49. The summed E-state index contributed by atoms with van der Waals surface area (Å²) in [6.07, 6.45) is 22.2. The Morgan fingerprint density at radius 2 is 1.26 bits per heavy atom. The van der Waals surface area contributed by atoms with Crippen molar-refractivity contribution in [2.75, 3.05) is 14.7 Å². The van der Waals surface area contributed by atoms with Crippen LogP contribution in [0, 0.1) is 0 Å². The van der Waals surface area contributed by atoms with E-state index in [1.807, 2.05) is 0 Å². The van der Waals surface area contributed by atoms with Gasteiger partial charge in [0.15, 0.2) is 0 Å². The summed E-state index contributed by atoms with van der Waals surface area (Å²) < 4.78 is 0. The normalized spacial score (nSPS) is 16.4. The van der Waals surface area contributed by atoms with Crippen molar-refractivity contribution in [3.63, 3.8) is 0 Å². The second-order valence-electron chi connectivity index (χ2n) is 11.5. The molecule has 230 valence electrons. The SMILES string of the molecule is C/C=C\C=C(/CC)N(C1=CC(N(C2=CCCC=C2)c2ccccc2)=CC(N(c2ccccc2)c2ccccc2)C1)c1ccccc1. The predicted octanol–water partition coefficient (Wildman–Crippen LogP) is 11.5. The standard InChI is InChI=1S/C43H43N3/c1-3-5-21-35(4-2)44(36-22-11-6-12-23-36)41-32-42(45(37-24-13-7-14-25-37)38-26-15-8-16-27-38)34-43(33-41)46(39-28-17-9-18-29-39)40-30-19-10-20-31-40/h3,5-9,11-19,21-31,33-34,42H,4,10,20,32H2,1-2H3/b5-3-,35-21+. The molecule has 0 heterocycles. The first kappa shape index (κ1) is 30.7. The van der Waals surface area contributed by atoms with E-state index in [0.717, 1.165) is 37.1 Å². The van der Waals surface area contributed by atoms with Crippen LogP contribution < -0.4 is 14.7 Å². The van der Waals surface area contributed by atoms with E-state index in [9.17, 15) is 0 Å². The lowest BCUT2D eigenvalue weighted by Crippen LogP contribution is -2.37. The van der Waals surface area contributed by atoms with E-state index < -0.39 is 0 Å². The summed E-state index contributed by atoms with van der Waals surface area (Å²) in [5, 5.41) is 0. The number of anilines is 4. The Kier molecular flexibility index (Phi) is 10.1. The molecule has 0 bridgehead atoms. The lowest BCUT2D eigenvalue weighted by atomic mass is 9.96. The van der Waals surface area contributed by atoms with Gasteiger partial charge in [0.25, 0.3) is 0 Å². The van der Waals surface area contributed by atoms with Crippen LogP contribution in [-0.4, -0.2) is 6.04 Å². The summed E-state index contributed by atoms with van der Waals surface area (Å²) in [6.45, 7) is 4.32. The van der Waals surface area contributed by atoms with Gasteiger partial charge in [-0.05, 0) is 99.0 Å². The van der Waals surface area contributed by atoms with Crippen molar-refractivity contribution in [3.8, 4) is 0 Å². The van der Waals surface area contributed by atoms with Crippen LogP contribution in [0.3, 0.4) is 0 Å². The molecule has 0 aromatic heterocycles.